The maximum Gasteiger partial charge on any atom is 0.407 e. The van der Waals surface area contributed by atoms with Crippen molar-refractivity contribution in [3.8, 4) is 0 Å². The summed E-state index contributed by atoms with van der Waals surface area (Å²) < 4.78 is 70.5. The van der Waals surface area contributed by atoms with Gasteiger partial charge in [0.25, 0.3) is 0 Å². The summed E-state index contributed by atoms with van der Waals surface area (Å²) in [6.07, 6.45) is -1.29. The van der Waals surface area contributed by atoms with E-state index in [4.69, 9.17) is 0 Å². The van der Waals surface area contributed by atoms with Crippen LogP contribution in [-0.2, 0) is 16.1 Å². The Balaban J connectivity index is 2.02. The first-order valence-electron chi connectivity index (χ1n) is 7.42. The third-order valence-electron chi connectivity index (χ3n) is 3.60. The van der Waals surface area contributed by atoms with Crippen LogP contribution in [0.4, 0.5) is 26.7 Å². The molecule has 2 N–H and O–H groups in total. The molecule has 2 aromatic rings. The number of carboxylic acid groups (broad SMARTS) is 1. The molecular formula is C17H12F5NO4. The average Bonchev–Trinajstić information content (AvgIpc) is 2.65. The van der Waals surface area contributed by atoms with Crippen molar-refractivity contribution in [2.75, 3.05) is 6.54 Å². The van der Waals surface area contributed by atoms with E-state index in [1.54, 1.807) is 18.2 Å². The fourth-order valence-electron chi connectivity index (χ4n) is 2.18. The molecule has 0 aromatic heterocycles. The van der Waals surface area contributed by atoms with Crippen molar-refractivity contribution in [1.29, 1.82) is 0 Å². The number of aliphatic carboxylic acids is 1. The zero-order valence-electron chi connectivity index (χ0n) is 13.4. The number of hydrogen-bond acceptors (Lipinski definition) is 3. The van der Waals surface area contributed by atoms with Crippen molar-refractivity contribution in [1.82, 2.24) is 5.32 Å². The highest BCUT2D eigenvalue weighted by Crippen LogP contribution is 2.23. The number of carbonyl (C=O) groups is 2. The smallest absolute Gasteiger partial charge is 0.407 e. The molecule has 0 fully saturated rings. The first kappa shape index (κ1) is 20.1. The highest BCUT2D eigenvalue weighted by atomic mass is 19.2. The highest BCUT2D eigenvalue weighted by molar-refractivity contribution is 5.77. The van der Waals surface area contributed by atoms with Crippen LogP contribution in [0, 0.1) is 29.1 Å². The summed E-state index contributed by atoms with van der Waals surface area (Å²) in [7, 11) is 0. The Hall–Kier alpha value is -3.17. The Morgan fingerprint density at radius 3 is 1.96 bits per heavy atom. The second-order valence-corrected chi connectivity index (χ2v) is 5.31. The molecule has 10 heteroatoms. The third-order valence-corrected chi connectivity index (χ3v) is 3.60. The summed E-state index contributed by atoms with van der Waals surface area (Å²) in [6.45, 7) is -1.66. The molecule has 2 rings (SSSR count). The van der Waals surface area contributed by atoms with Crippen LogP contribution in [0.15, 0.2) is 30.3 Å². The topological polar surface area (TPSA) is 75.6 Å². The summed E-state index contributed by atoms with van der Waals surface area (Å²) in [5.74, 6) is -13.3. The Bertz CT molecular complexity index is 831. The quantitative estimate of drug-likeness (QED) is 0.451. The highest BCUT2D eigenvalue weighted by Gasteiger charge is 2.26. The molecule has 1 unspecified atom stereocenters. The van der Waals surface area contributed by atoms with E-state index in [0.717, 1.165) is 0 Å². The minimum atomic E-state index is -2.33. The molecule has 0 saturated carbocycles. The molecule has 144 valence electrons. The zero-order chi connectivity index (χ0) is 20.1. The minimum Gasteiger partial charge on any atom is -0.481 e. The predicted molar refractivity (Wildman–Crippen MR) is 81.2 cm³/mol. The van der Waals surface area contributed by atoms with E-state index in [-0.39, 0.29) is 0 Å². The van der Waals surface area contributed by atoms with Gasteiger partial charge in [0.15, 0.2) is 23.3 Å². The van der Waals surface area contributed by atoms with Gasteiger partial charge in [0.2, 0.25) is 5.82 Å². The largest absolute Gasteiger partial charge is 0.481 e. The van der Waals surface area contributed by atoms with Crippen LogP contribution < -0.4 is 5.32 Å². The molecular weight excluding hydrogens is 377 g/mol. The van der Waals surface area contributed by atoms with Crippen molar-refractivity contribution in [3.05, 3.63) is 70.5 Å². The summed E-state index contributed by atoms with van der Waals surface area (Å²) in [4.78, 5) is 22.9. The van der Waals surface area contributed by atoms with Gasteiger partial charge in [-0.1, -0.05) is 30.3 Å². The van der Waals surface area contributed by atoms with Crippen LogP contribution in [0.5, 0.6) is 0 Å². The normalized spacial score (nSPS) is 11.7. The van der Waals surface area contributed by atoms with Crippen molar-refractivity contribution < 1.29 is 41.4 Å². The van der Waals surface area contributed by atoms with Crippen LogP contribution in [0.2, 0.25) is 0 Å². The van der Waals surface area contributed by atoms with Crippen molar-refractivity contribution in [2.24, 2.45) is 0 Å². The molecule has 0 aliphatic carbocycles. The number of amides is 1. The third kappa shape index (κ3) is 4.52. The lowest BCUT2D eigenvalue weighted by atomic mass is 9.99. The second-order valence-electron chi connectivity index (χ2n) is 5.31. The first-order valence-corrected chi connectivity index (χ1v) is 7.42. The van der Waals surface area contributed by atoms with Crippen LogP contribution in [0.25, 0.3) is 0 Å². The molecule has 0 spiro atoms. The van der Waals surface area contributed by atoms with E-state index in [9.17, 15) is 36.6 Å². The lowest BCUT2D eigenvalue weighted by Gasteiger charge is -2.14. The first-order chi connectivity index (χ1) is 12.7. The monoisotopic (exact) mass is 389 g/mol. The Morgan fingerprint density at radius 1 is 0.926 bits per heavy atom. The second kappa shape index (κ2) is 8.47. The molecule has 1 amide bonds. The fourth-order valence-corrected chi connectivity index (χ4v) is 2.18. The SMILES string of the molecule is O=C(NCC(C(=O)O)c1ccccc1)OCc1c(F)c(F)c(F)c(F)c1F. The minimum absolute atomic E-state index is 0.380. The lowest BCUT2D eigenvalue weighted by Crippen LogP contribution is -2.32. The van der Waals surface area contributed by atoms with Gasteiger partial charge < -0.3 is 15.2 Å². The van der Waals surface area contributed by atoms with Gasteiger partial charge in [0.05, 0.1) is 11.5 Å². The van der Waals surface area contributed by atoms with E-state index >= 15 is 0 Å². The number of benzene rings is 2. The van der Waals surface area contributed by atoms with Gasteiger partial charge in [-0.3, -0.25) is 4.79 Å². The van der Waals surface area contributed by atoms with Gasteiger partial charge in [-0.15, -0.1) is 0 Å². The van der Waals surface area contributed by atoms with Gasteiger partial charge in [0, 0.05) is 6.54 Å². The molecule has 27 heavy (non-hydrogen) atoms. The van der Waals surface area contributed by atoms with E-state index in [0.29, 0.717) is 5.56 Å². The van der Waals surface area contributed by atoms with Gasteiger partial charge in [0.1, 0.15) is 6.61 Å². The molecule has 5 nitrogen and oxygen atoms in total. The van der Waals surface area contributed by atoms with Crippen LogP contribution >= 0.6 is 0 Å². The molecule has 0 aliphatic heterocycles. The van der Waals surface area contributed by atoms with Crippen LogP contribution in [0.3, 0.4) is 0 Å². The number of rotatable bonds is 6. The van der Waals surface area contributed by atoms with Gasteiger partial charge >= 0.3 is 12.1 Å². The number of carboxylic acids is 1. The van der Waals surface area contributed by atoms with Gasteiger partial charge in [-0.2, -0.15) is 0 Å². The van der Waals surface area contributed by atoms with E-state index in [2.05, 4.69) is 10.1 Å². The fraction of sp³-hybridized carbons (Fsp3) is 0.176. The van der Waals surface area contributed by atoms with Gasteiger partial charge in [-0.25, -0.2) is 26.7 Å². The number of carbonyl (C=O) groups excluding carboxylic acids is 1. The van der Waals surface area contributed by atoms with E-state index in [1.165, 1.54) is 12.1 Å². The Kier molecular flexibility index (Phi) is 6.32. The number of alkyl carbamates (subject to hydrolysis) is 1. The molecule has 2 aromatic carbocycles. The Labute approximate surface area is 149 Å². The lowest BCUT2D eigenvalue weighted by molar-refractivity contribution is -0.138. The summed E-state index contributed by atoms with van der Waals surface area (Å²) in [5, 5.41) is 11.3. The molecule has 1 atom stereocenters. The molecule has 0 heterocycles. The maximum atomic E-state index is 13.5. The molecule has 0 saturated heterocycles. The molecule has 0 bridgehead atoms. The summed E-state index contributed by atoms with van der Waals surface area (Å²) in [5.41, 5.74) is -0.940. The van der Waals surface area contributed by atoms with Crippen molar-refractivity contribution >= 4 is 12.1 Å². The number of ether oxygens (including phenoxy) is 1. The Morgan fingerprint density at radius 2 is 1.44 bits per heavy atom. The standard InChI is InChI=1S/C17H12F5NO4/c18-11-10(12(19)14(21)15(22)13(11)20)7-27-17(26)23-6-9(16(24)25)8-4-2-1-3-5-8/h1-5,9H,6-7H2,(H,23,26)(H,24,25). The van der Waals surface area contributed by atoms with Crippen LogP contribution in [-0.4, -0.2) is 23.7 Å². The zero-order valence-corrected chi connectivity index (χ0v) is 13.4. The number of halogens is 5. The molecule has 0 radical (unpaired) electrons. The maximum absolute atomic E-state index is 13.5. The molecule has 0 aliphatic rings. The van der Waals surface area contributed by atoms with Crippen LogP contribution in [0.1, 0.15) is 17.0 Å². The van der Waals surface area contributed by atoms with Crippen molar-refractivity contribution in [2.45, 2.75) is 12.5 Å². The van der Waals surface area contributed by atoms with Gasteiger partial charge in [-0.05, 0) is 5.56 Å². The predicted octanol–water partition coefficient (Wildman–Crippen LogP) is 3.48. The van der Waals surface area contributed by atoms with E-state index < -0.39 is 65.8 Å². The van der Waals surface area contributed by atoms with E-state index in [1.807, 2.05) is 0 Å². The summed E-state index contributed by atoms with van der Waals surface area (Å²) in [6, 6.07) is 7.87. The number of nitrogens with one attached hydrogen (secondary N) is 1. The summed E-state index contributed by atoms with van der Waals surface area (Å²) >= 11 is 0. The number of hydrogen-bond donors (Lipinski definition) is 2. The average molecular weight is 389 g/mol. The van der Waals surface area contributed by atoms with Crippen molar-refractivity contribution in [3.63, 3.8) is 0 Å².